The van der Waals surface area contributed by atoms with E-state index in [-0.39, 0.29) is 0 Å². The predicted octanol–water partition coefficient (Wildman–Crippen LogP) is 16.6. The molecule has 3 nitrogen and oxygen atoms in total. The molecule has 2 heterocycles. The zero-order valence-corrected chi connectivity index (χ0v) is 33.8. The minimum Gasteiger partial charge on any atom is -0.455 e. The van der Waals surface area contributed by atoms with Gasteiger partial charge in [-0.1, -0.05) is 140 Å². The average Bonchev–Trinajstić information content (AvgIpc) is 3.94. The molecule has 286 valence electrons. The van der Waals surface area contributed by atoms with Gasteiger partial charge in [-0.3, -0.25) is 0 Å². The Morgan fingerprint density at radius 3 is 1.69 bits per heavy atom. The van der Waals surface area contributed by atoms with Gasteiger partial charge >= 0.3 is 0 Å². The first kappa shape index (κ1) is 35.2. The number of thiazole rings is 1. The van der Waals surface area contributed by atoms with E-state index in [0.29, 0.717) is 0 Å². The number of furan rings is 1. The van der Waals surface area contributed by atoms with Crippen LogP contribution in [0.15, 0.2) is 223 Å². The molecule has 12 rings (SSSR count). The van der Waals surface area contributed by atoms with E-state index in [9.17, 15) is 0 Å². The van der Waals surface area contributed by atoms with Gasteiger partial charge in [0.05, 0.1) is 10.2 Å². The number of hydrogen-bond donors (Lipinski definition) is 0. The third-order valence-electron chi connectivity index (χ3n) is 11.9. The van der Waals surface area contributed by atoms with E-state index >= 15 is 0 Å². The molecule has 0 radical (unpaired) electrons. The Morgan fingerprint density at radius 1 is 0.377 bits per heavy atom. The summed E-state index contributed by atoms with van der Waals surface area (Å²) in [5.41, 5.74) is 14.4. The molecule has 2 aromatic heterocycles. The number of anilines is 3. The van der Waals surface area contributed by atoms with Crippen LogP contribution in [0.3, 0.4) is 0 Å². The molecule has 0 aliphatic carbocycles. The van der Waals surface area contributed by atoms with Crippen LogP contribution in [0, 0.1) is 0 Å². The fourth-order valence-electron chi connectivity index (χ4n) is 8.90. The van der Waals surface area contributed by atoms with Crippen molar-refractivity contribution in [3.05, 3.63) is 218 Å². The van der Waals surface area contributed by atoms with Crippen molar-refractivity contribution in [1.82, 2.24) is 4.98 Å². The minimum absolute atomic E-state index is 0.883. The number of aromatic nitrogens is 1. The molecule has 0 bridgehead atoms. The number of nitrogens with zero attached hydrogens (tertiary/aromatic N) is 2. The van der Waals surface area contributed by atoms with Gasteiger partial charge < -0.3 is 9.32 Å². The van der Waals surface area contributed by atoms with E-state index in [1.165, 1.54) is 43.3 Å². The summed E-state index contributed by atoms with van der Waals surface area (Å²) in [5, 5.41) is 7.97. The molecule has 0 amide bonds. The summed E-state index contributed by atoms with van der Waals surface area (Å²) < 4.78 is 7.94. The van der Waals surface area contributed by atoms with Crippen molar-refractivity contribution in [2.75, 3.05) is 4.90 Å². The Balaban J connectivity index is 0.869. The van der Waals surface area contributed by atoms with Crippen LogP contribution in [0.5, 0.6) is 0 Å². The summed E-state index contributed by atoms with van der Waals surface area (Å²) in [7, 11) is 0. The summed E-state index contributed by atoms with van der Waals surface area (Å²) in [6.45, 7) is 0. The molecule has 0 spiro atoms. The maximum absolute atomic E-state index is 6.74. The van der Waals surface area contributed by atoms with Crippen molar-refractivity contribution in [1.29, 1.82) is 0 Å². The van der Waals surface area contributed by atoms with E-state index in [0.717, 1.165) is 71.4 Å². The van der Waals surface area contributed by atoms with Crippen LogP contribution in [-0.2, 0) is 0 Å². The lowest BCUT2D eigenvalue weighted by molar-refractivity contribution is 0.673. The highest BCUT2D eigenvalue weighted by molar-refractivity contribution is 7.21. The monoisotopic (exact) mass is 796 g/mol. The molecule has 0 atom stereocenters. The number of benzene rings is 10. The highest BCUT2D eigenvalue weighted by Gasteiger charge is 2.17. The van der Waals surface area contributed by atoms with E-state index in [2.05, 4.69) is 223 Å². The van der Waals surface area contributed by atoms with Crippen LogP contribution >= 0.6 is 11.3 Å². The molecule has 0 aliphatic rings. The molecule has 0 aliphatic heterocycles. The van der Waals surface area contributed by atoms with Gasteiger partial charge in [-0.15, -0.1) is 11.3 Å². The van der Waals surface area contributed by atoms with Crippen molar-refractivity contribution < 1.29 is 4.42 Å². The van der Waals surface area contributed by atoms with Crippen LogP contribution in [0.2, 0.25) is 0 Å². The van der Waals surface area contributed by atoms with Crippen molar-refractivity contribution >= 4 is 82.1 Å². The van der Waals surface area contributed by atoms with E-state index in [4.69, 9.17) is 9.40 Å². The lowest BCUT2D eigenvalue weighted by Crippen LogP contribution is -2.09. The van der Waals surface area contributed by atoms with E-state index in [1.807, 2.05) is 0 Å². The fraction of sp³-hybridized carbons (Fsp3) is 0. The zero-order valence-electron chi connectivity index (χ0n) is 33.0. The molecule has 0 unspecified atom stereocenters. The summed E-state index contributed by atoms with van der Waals surface area (Å²) in [4.78, 5) is 7.30. The van der Waals surface area contributed by atoms with Crippen molar-refractivity contribution in [2.24, 2.45) is 0 Å². The van der Waals surface area contributed by atoms with Crippen molar-refractivity contribution in [3.63, 3.8) is 0 Å². The van der Waals surface area contributed by atoms with E-state index < -0.39 is 0 Å². The third kappa shape index (κ3) is 6.16. The Bertz CT molecular complexity index is 3540. The van der Waals surface area contributed by atoms with Gasteiger partial charge in [-0.05, 0) is 128 Å². The molecule has 61 heavy (non-hydrogen) atoms. The lowest BCUT2D eigenvalue weighted by atomic mass is 9.93. The quantitative estimate of drug-likeness (QED) is 0.161. The molecular formula is C57H36N2OS. The van der Waals surface area contributed by atoms with Crippen LogP contribution in [-0.4, -0.2) is 4.98 Å². The summed E-state index contributed by atoms with van der Waals surface area (Å²) in [5.74, 6) is 0. The lowest BCUT2D eigenvalue weighted by Gasteiger charge is -2.26. The van der Waals surface area contributed by atoms with Crippen LogP contribution in [0.25, 0.3) is 97.7 Å². The van der Waals surface area contributed by atoms with Gasteiger partial charge in [0.1, 0.15) is 16.2 Å². The van der Waals surface area contributed by atoms with Crippen LogP contribution < -0.4 is 4.90 Å². The molecular weight excluding hydrogens is 761 g/mol. The second-order valence-electron chi connectivity index (χ2n) is 15.5. The van der Waals surface area contributed by atoms with Gasteiger partial charge in [0.25, 0.3) is 0 Å². The van der Waals surface area contributed by atoms with Crippen LogP contribution in [0.1, 0.15) is 0 Å². The number of fused-ring (bicyclic) bond motifs is 7. The second-order valence-corrected chi connectivity index (χ2v) is 16.5. The molecule has 0 N–H and O–H groups in total. The average molecular weight is 797 g/mol. The normalized spacial score (nSPS) is 11.6. The third-order valence-corrected chi connectivity index (χ3v) is 13.0. The number of rotatable bonds is 7. The Labute approximate surface area is 357 Å². The molecule has 12 aromatic rings. The van der Waals surface area contributed by atoms with Crippen LogP contribution in [0.4, 0.5) is 17.1 Å². The molecule has 4 heteroatoms. The largest absolute Gasteiger partial charge is 0.455 e. The second kappa shape index (κ2) is 14.5. The first-order valence-electron chi connectivity index (χ1n) is 20.6. The van der Waals surface area contributed by atoms with Gasteiger partial charge in [-0.25, -0.2) is 4.98 Å². The molecule has 0 fully saturated rings. The zero-order chi connectivity index (χ0) is 40.3. The molecule has 10 aromatic carbocycles. The van der Waals surface area contributed by atoms with Crippen molar-refractivity contribution in [2.45, 2.75) is 0 Å². The minimum atomic E-state index is 0.883. The highest BCUT2D eigenvalue weighted by atomic mass is 32.1. The SMILES string of the molecule is c1ccc(-c2ccc(N(c3ccccc3)c3ccc(-c4ccc5c(c4)oc4c6ccc(-c7ccc(-c8nc9ccccc9s8)c8ccccc78)cc6ccc54)cc3)cc2)cc1. The first-order chi connectivity index (χ1) is 30.2. The number of hydrogen-bond acceptors (Lipinski definition) is 4. The standard InChI is InChI=1S/C57H36N2OS/c1-3-11-37(12-4-1)38-19-26-44(27-20-38)59(43-13-5-2-6-14-43)45-28-21-39(22-29-45)40-23-31-50-51-32-25-42-35-41(24-30-47(42)56(51)60-54(50)36-40)46-33-34-52(49-16-8-7-15-48(46)49)57-58-53-17-9-10-18-55(53)61-57/h1-36H. The molecule has 0 saturated heterocycles. The Kier molecular flexibility index (Phi) is 8.36. The fourth-order valence-corrected chi connectivity index (χ4v) is 9.90. The maximum atomic E-state index is 6.74. The predicted molar refractivity (Wildman–Crippen MR) is 258 cm³/mol. The summed E-state index contributed by atoms with van der Waals surface area (Å²) >= 11 is 1.75. The molecule has 0 saturated carbocycles. The van der Waals surface area contributed by atoms with Gasteiger partial charge in [-0.2, -0.15) is 0 Å². The van der Waals surface area contributed by atoms with E-state index in [1.54, 1.807) is 11.3 Å². The topological polar surface area (TPSA) is 29.3 Å². The first-order valence-corrected chi connectivity index (χ1v) is 21.4. The Hall–Kier alpha value is -7.79. The summed E-state index contributed by atoms with van der Waals surface area (Å²) in [6, 6.07) is 78.0. The smallest absolute Gasteiger partial charge is 0.143 e. The van der Waals surface area contributed by atoms with Gasteiger partial charge in [0.2, 0.25) is 0 Å². The maximum Gasteiger partial charge on any atom is 0.143 e. The van der Waals surface area contributed by atoms with Crippen molar-refractivity contribution in [3.8, 4) is 44.0 Å². The van der Waals surface area contributed by atoms with Gasteiger partial charge in [0.15, 0.2) is 0 Å². The Morgan fingerprint density at radius 2 is 0.934 bits per heavy atom. The number of para-hydroxylation sites is 2. The van der Waals surface area contributed by atoms with Gasteiger partial charge in [0, 0.05) is 38.8 Å². The summed E-state index contributed by atoms with van der Waals surface area (Å²) in [6.07, 6.45) is 0. The highest BCUT2D eigenvalue weighted by Crippen LogP contribution is 2.42.